The maximum Gasteiger partial charge on any atom is 0.254 e. The van der Waals surface area contributed by atoms with Crippen molar-refractivity contribution in [2.24, 2.45) is 0 Å². The lowest BCUT2D eigenvalue weighted by Gasteiger charge is -2.28. The number of carbonyl (C=O) groups excluding carboxylic acids is 1. The average molecular weight is 242 g/mol. The lowest BCUT2D eigenvalue weighted by atomic mass is 10.1. The van der Waals surface area contributed by atoms with Gasteiger partial charge in [-0.3, -0.25) is 4.79 Å². The fourth-order valence-corrected chi connectivity index (χ4v) is 2.57. The van der Waals surface area contributed by atoms with Gasteiger partial charge in [0.25, 0.3) is 5.91 Å². The Bertz CT molecular complexity index is 415. The van der Waals surface area contributed by atoms with Crippen LogP contribution in [0.5, 0.6) is 0 Å². The molecule has 1 aromatic carbocycles. The summed E-state index contributed by atoms with van der Waals surface area (Å²) in [5.41, 5.74) is 1.68. The molecule has 95 valence electrons. The van der Waals surface area contributed by atoms with E-state index in [1.807, 2.05) is 35.2 Å². The Kier molecular flexibility index (Phi) is 4.19. The Morgan fingerprint density at radius 1 is 1.28 bits per heavy atom. The highest BCUT2D eigenvalue weighted by Gasteiger charge is 2.26. The topological polar surface area (TPSA) is 20.3 Å². The van der Waals surface area contributed by atoms with Gasteiger partial charge in [0.1, 0.15) is 0 Å². The molecule has 1 aliphatic rings. The monoisotopic (exact) mass is 242 g/mol. The van der Waals surface area contributed by atoms with Crippen molar-refractivity contribution in [1.29, 1.82) is 0 Å². The van der Waals surface area contributed by atoms with Crippen LogP contribution >= 0.6 is 0 Å². The molecule has 0 aromatic heterocycles. The number of benzene rings is 1. The molecule has 0 heterocycles. The summed E-state index contributed by atoms with van der Waals surface area (Å²) in [5.74, 6) is 0.113. The van der Waals surface area contributed by atoms with Gasteiger partial charge in [-0.1, -0.05) is 31.1 Å². The second-order valence-corrected chi connectivity index (χ2v) is 4.88. The first kappa shape index (κ1) is 12.9. The smallest absolute Gasteiger partial charge is 0.254 e. The molecule has 1 radical (unpaired) electrons. The first-order valence-corrected chi connectivity index (χ1v) is 6.56. The molecule has 2 rings (SSSR count). The van der Waals surface area contributed by atoms with E-state index in [-0.39, 0.29) is 5.91 Å². The minimum Gasteiger partial charge on any atom is -0.332 e. The third-order valence-corrected chi connectivity index (χ3v) is 3.55. The minimum absolute atomic E-state index is 0.113. The molecule has 0 bridgehead atoms. The summed E-state index contributed by atoms with van der Waals surface area (Å²) in [7, 11) is 0. The van der Waals surface area contributed by atoms with E-state index in [4.69, 9.17) is 0 Å². The number of nitrogens with zero attached hydrogens (tertiary/aromatic N) is 1. The first-order valence-electron chi connectivity index (χ1n) is 6.56. The van der Waals surface area contributed by atoms with E-state index in [1.54, 1.807) is 0 Å². The number of hydrogen-bond donors (Lipinski definition) is 0. The maximum atomic E-state index is 12.5. The van der Waals surface area contributed by atoms with Gasteiger partial charge in [0.05, 0.1) is 0 Å². The molecule has 1 amide bonds. The van der Waals surface area contributed by atoms with Crippen LogP contribution in [-0.4, -0.2) is 23.4 Å². The molecular formula is C16H20NO. The molecule has 0 unspecified atom stereocenters. The van der Waals surface area contributed by atoms with Crippen LogP contribution in [0.2, 0.25) is 0 Å². The fourth-order valence-electron chi connectivity index (χ4n) is 2.57. The highest BCUT2D eigenvalue weighted by Crippen LogP contribution is 2.24. The SMILES string of the molecule is [CH2]c1ccc(C(=O)N(CC=C)C2CCCC2)cc1. The summed E-state index contributed by atoms with van der Waals surface area (Å²) < 4.78 is 0. The van der Waals surface area contributed by atoms with Gasteiger partial charge in [0.15, 0.2) is 0 Å². The van der Waals surface area contributed by atoms with E-state index < -0.39 is 0 Å². The summed E-state index contributed by atoms with van der Waals surface area (Å²) in [4.78, 5) is 14.4. The zero-order valence-electron chi connectivity index (χ0n) is 10.8. The van der Waals surface area contributed by atoms with E-state index in [9.17, 15) is 4.79 Å². The van der Waals surface area contributed by atoms with Crippen LogP contribution in [0.3, 0.4) is 0 Å². The standard InChI is InChI=1S/C16H20NO/c1-3-12-17(15-6-4-5-7-15)16(18)14-10-8-13(2)9-11-14/h3,8-11,15H,1-2,4-7,12H2. The van der Waals surface area contributed by atoms with Gasteiger partial charge in [0, 0.05) is 18.2 Å². The van der Waals surface area contributed by atoms with Crippen molar-refractivity contribution in [3.8, 4) is 0 Å². The van der Waals surface area contributed by atoms with Crippen molar-refractivity contribution in [2.45, 2.75) is 31.7 Å². The van der Waals surface area contributed by atoms with Crippen molar-refractivity contribution < 1.29 is 4.79 Å². The molecule has 0 spiro atoms. The summed E-state index contributed by atoms with van der Waals surface area (Å²) in [5, 5.41) is 0. The van der Waals surface area contributed by atoms with Gasteiger partial charge in [0.2, 0.25) is 0 Å². The molecule has 1 fully saturated rings. The lowest BCUT2D eigenvalue weighted by Crippen LogP contribution is -2.38. The third kappa shape index (κ3) is 2.81. The second kappa shape index (κ2) is 5.85. The normalized spacial score (nSPS) is 15.6. The lowest BCUT2D eigenvalue weighted by molar-refractivity contribution is 0.0706. The minimum atomic E-state index is 0.113. The van der Waals surface area contributed by atoms with Gasteiger partial charge in [-0.15, -0.1) is 6.58 Å². The van der Waals surface area contributed by atoms with Gasteiger partial charge in [-0.25, -0.2) is 0 Å². The van der Waals surface area contributed by atoms with Crippen LogP contribution in [0.15, 0.2) is 36.9 Å². The quantitative estimate of drug-likeness (QED) is 0.741. The Balaban J connectivity index is 2.16. The largest absolute Gasteiger partial charge is 0.332 e. The molecule has 18 heavy (non-hydrogen) atoms. The van der Waals surface area contributed by atoms with Crippen LogP contribution in [0.4, 0.5) is 0 Å². The zero-order chi connectivity index (χ0) is 13.0. The van der Waals surface area contributed by atoms with Gasteiger partial charge in [-0.05, 0) is 37.5 Å². The fraction of sp³-hybridized carbons (Fsp3) is 0.375. The molecule has 0 saturated heterocycles. The molecule has 2 heteroatoms. The van der Waals surface area contributed by atoms with E-state index in [2.05, 4.69) is 13.5 Å². The third-order valence-electron chi connectivity index (χ3n) is 3.55. The van der Waals surface area contributed by atoms with Crippen LogP contribution in [0.25, 0.3) is 0 Å². The highest BCUT2D eigenvalue weighted by molar-refractivity contribution is 5.94. The maximum absolute atomic E-state index is 12.5. The van der Waals surface area contributed by atoms with Crippen LogP contribution in [0, 0.1) is 6.92 Å². The molecule has 2 nitrogen and oxygen atoms in total. The number of hydrogen-bond acceptors (Lipinski definition) is 1. The molecule has 0 atom stereocenters. The Hall–Kier alpha value is -1.57. The van der Waals surface area contributed by atoms with E-state index in [0.717, 1.165) is 24.0 Å². The predicted octanol–water partition coefficient (Wildman–Crippen LogP) is 3.44. The van der Waals surface area contributed by atoms with Gasteiger partial charge < -0.3 is 4.90 Å². The Labute approximate surface area is 109 Å². The summed E-state index contributed by atoms with van der Waals surface area (Å²) in [6, 6.07) is 7.86. The van der Waals surface area contributed by atoms with Crippen LogP contribution < -0.4 is 0 Å². The molecular weight excluding hydrogens is 222 g/mol. The van der Waals surface area contributed by atoms with Crippen molar-refractivity contribution in [2.75, 3.05) is 6.54 Å². The zero-order valence-corrected chi connectivity index (χ0v) is 10.8. The molecule has 0 aliphatic heterocycles. The highest BCUT2D eigenvalue weighted by atomic mass is 16.2. The molecule has 0 N–H and O–H groups in total. The number of rotatable bonds is 4. The van der Waals surface area contributed by atoms with Crippen molar-refractivity contribution in [3.05, 3.63) is 55.0 Å². The van der Waals surface area contributed by atoms with E-state index in [0.29, 0.717) is 12.6 Å². The Morgan fingerprint density at radius 3 is 2.44 bits per heavy atom. The summed E-state index contributed by atoms with van der Waals surface area (Å²) >= 11 is 0. The van der Waals surface area contributed by atoms with Gasteiger partial charge in [-0.2, -0.15) is 0 Å². The van der Waals surface area contributed by atoms with Crippen LogP contribution in [0.1, 0.15) is 41.6 Å². The summed E-state index contributed by atoms with van der Waals surface area (Å²) in [6.07, 6.45) is 6.50. The number of carbonyl (C=O) groups is 1. The predicted molar refractivity (Wildman–Crippen MR) is 74.4 cm³/mol. The molecule has 1 saturated carbocycles. The first-order chi connectivity index (χ1) is 8.72. The molecule has 1 aromatic rings. The van der Waals surface area contributed by atoms with Gasteiger partial charge >= 0.3 is 0 Å². The second-order valence-electron chi connectivity index (χ2n) is 4.88. The summed E-state index contributed by atoms with van der Waals surface area (Å²) in [6.45, 7) is 8.23. The van der Waals surface area contributed by atoms with Crippen molar-refractivity contribution >= 4 is 5.91 Å². The van der Waals surface area contributed by atoms with Crippen molar-refractivity contribution in [1.82, 2.24) is 4.90 Å². The van der Waals surface area contributed by atoms with Crippen molar-refractivity contribution in [3.63, 3.8) is 0 Å². The number of amides is 1. The van der Waals surface area contributed by atoms with E-state index >= 15 is 0 Å². The Morgan fingerprint density at radius 2 is 1.89 bits per heavy atom. The van der Waals surface area contributed by atoms with E-state index in [1.165, 1.54) is 12.8 Å². The van der Waals surface area contributed by atoms with Crippen LogP contribution in [-0.2, 0) is 0 Å². The average Bonchev–Trinajstić information content (AvgIpc) is 2.90. The molecule has 1 aliphatic carbocycles.